The van der Waals surface area contributed by atoms with Gasteiger partial charge >= 0.3 is 0 Å². The SMILES string of the molecule is c1ccc(-c2ccc(N(c3ccc4sc5ccccc5c4c3)c3ccc(-c4cc(-c5ccccc5)ccc4-c4ccccc4)cc3-c3ccccc3)cc2)cc1. The highest BCUT2D eigenvalue weighted by Crippen LogP contribution is 2.46. The molecule has 0 saturated heterocycles. The second-order valence-electron chi connectivity index (χ2n) is 14.1. The molecule has 0 amide bonds. The molecule has 1 heterocycles. The van der Waals surface area contributed by atoms with Crippen LogP contribution >= 0.6 is 11.3 Å². The molecule has 56 heavy (non-hydrogen) atoms. The minimum atomic E-state index is 1.10. The molecule has 0 saturated carbocycles. The van der Waals surface area contributed by atoms with Crippen molar-refractivity contribution in [2.24, 2.45) is 0 Å². The first-order valence-corrected chi connectivity index (χ1v) is 19.9. The van der Waals surface area contributed by atoms with Crippen LogP contribution < -0.4 is 4.90 Å². The van der Waals surface area contributed by atoms with E-state index in [0.717, 1.165) is 28.2 Å². The van der Waals surface area contributed by atoms with E-state index in [0.29, 0.717) is 0 Å². The van der Waals surface area contributed by atoms with Gasteiger partial charge in [0, 0.05) is 37.1 Å². The molecule has 0 N–H and O–H groups in total. The first-order valence-electron chi connectivity index (χ1n) is 19.1. The predicted molar refractivity (Wildman–Crippen MR) is 241 cm³/mol. The summed E-state index contributed by atoms with van der Waals surface area (Å²) < 4.78 is 2.60. The van der Waals surface area contributed by atoms with Gasteiger partial charge < -0.3 is 4.90 Å². The van der Waals surface area contributed by atoms with Gasteiger partial charge in [0.15, 0.2) is 0 Å². The van der Waals surface area contributed by atoms with Crippen molar-refractivity contribution < 1.29 is 0 Å². The van der Waals surface area contributed by atoms with Crippen LogP contribution in [0.15, 0.2) is 224 Å². The molecule has 1 aromatic heterocycles. The van der Waals surface area contributed by atoms with Crippen molar-refractivity contribution >= 4 is 48.6 Å². The molecule has 0 fully saturated rings. The van der Waals surface area contributed by atoms with Crippen LogP contribution in [-0.2, 0) is 0 Å². The van der Waals surface area contributed by atoms with Gasteiger partial charge in [-0.3, -0.25) is 0 Å². The summed E-state index contributed by atoms with van der Waals surface area (Å²) in [5.41, 5.74) is 15.2. The lowest BCUT2D eigenvalue weighted by Gasteiger charge is -2.29. The van der Waals surface area contributed by atoms with Crippen LogP contribution in [0.2, 0.25) is 0 Å². The van der Waals surface area contributed by atoms with E-state index in [4.69, 9.17) is 0 Å². The monoisotopic (exact) mass is 731 g/mol. The fourth-order valence-corrected chi connectivity index (χ4v) is 9.01. The number of hydrogen-bond donors (Lipinski definition) is 0. The number of fused-ring (bicyclic) bond motifs is 3. The molecule has 1 nitrogen and oxygen atoms in total. The molecule has 10 rings (SSSR count). The van der Waals surface area contributed by atoms with Crippen LogP contribution in [0.25, 0.3) is 75.8 Å². The number of hydrogen-bond acceptors (Lipinski definition) is 2. The zero-order valence-corrected chi connectivity index (χ0v) is 31.5. The van der Waals surface area contributed by atoms with Gasteiger partial charge in [-0.2, -0.15) is 0 Å². The molecule has 10 aromatic rings. The van der Waals surface area contributed by atoms with Gasteiger partial charge in [0.25, 0.3) is 0 Å². The Bertz CT molecular complexity index is 2930. The Balaban J connectivity index is 1.20. The van der Waals surface area contributed by atoms with Crippen molar-refractivity contribution in [3.63, 3.8) is 0 Å². The van der Waals surface area contributed by atoms with E-state index in [1.807, 2.05) is 11.3 Å². The first-order chi connectivity index (χ1) is 27.8. The van der Waals surface area contributed by atoms with Gasteiger partial charge in [-0.05, 0) is 105 Å². The summed E-state index contributed by atoms with van der Waals surface area (Å²) in [7, 11) is 0. The van der Waals surface area contributed by atoms with Crippen molar-refractivity contribution in [1.82, 2.24) is 0 Å². The fraction of sp³-hybridized carbons (Fsp3) is 0. The van der Waals surface area contributed by atoms with E-state index < -0.39 is 0 Å². The lowest BCUT2D eigenvalue weighted by Crippen LogP contribution is -2.11. The van der Waals surface area contributed by atoms with E-state index in [1.165, 1.54) is 64.7 Å². The largest absolute Gasteiger partial charge is 0.310 e. The smallest absolute Gasteiger partial charge is 0.0540 e. The Morgan fingerprint density at radius 1 is 0.268 bits per heavy atom. The summed E-state index contributed by atoms with van der Waals surface area (Å²) >= 11 is 1.85. The van der Waals surface area contributed by atoms with Gasteiger partial charge in [-0.25, -0.2) is 0 Å². The molecule has 0 aliphatic rings. The lowest BCUT2D eigenvalue weighted by molar-refractivity contribution is 1.29. The summed E-state index contributed by atoms with van der Waals surface area (Å²) in [5, 5.41) is 2.57. The molecule has 9 aromatic carbocycles. The van der Waals surface area contributed by atoms with Crippen LogP contribution in [0.5, 0.6) is 0 Å². The predicted octanol–water partition coefficient (Wildman–Crippen LogP) is 15.9. The van der Waals surface area contributed by atoms with Crippen molar-refractivity contribution in [2.45, 2.75) is 0 Å². The molecule has 0 aliphatic heterocycles. The molecular formula is C54H37NS. The second-order valence-corrected chi connectivity index (χ2v) is 15.2. The maximum Gasteiger partial charge on any atom is 0.0540 e. The van der Waals surface area contributed by atoms with Gasteiger partial charge in [0.1, 0.15) is 0 Å². The lowest BCUT2D eigenvalue weighted by atomic mass is 9.89. The third kappa shape index (κ3) is 6.36. The molecule has 0 radical (unpaired) electrons. The Morgan fingerprint density at radius 2 is 0.750 bits per heavy atom. The van der Waals surface area contributed by atoms with Gasteiger partial charge in [-0.15, -0.1) is 11.3 Å². The Morgan fingerprint density at radius 3 is 1.43 bits per heavy atom. The van der Waals surface area contributed by atoms with E-state index in [1.54, 1.807) is 0 Å². The second kappa shape index (κ2) is 14.7. The van der Waals surface area contributed by atoms with E-state index in [2.05, 4.69) is 229 Å². The van der Waals surface area contributed by atoms with E-state index in [-0.39, 0.29) is 0 Å². The average molecular weight is 732 g/mol. The summed E-state index contributed by atoms with van der Waals surface area (Å²) in [4.78, 5) is 2.44. The van der Waals surface area contributed by atoms with Crippen LogP contribution in [0.3, 0.4) is 0 Å². The molecule has 2 heteroatoms. The third-order valence-corrected chi connectivity index (χ3v) is 11.8. The molecule has 0 aliphatic carbocycles. The number of anilines is 3. The van der Waals surface area contributed by atoms with Crippen molar-refractivity contribution in [2.75, 3.05) is 4.90 Å². The number of benzene rings is 9. The molecule has 0 bridgehead atoms. The Labute approximate surface area is 332 Å². The Kier molecular flexibility index (Phi) is 8.79. The highest BCUT2D eigenvalue weighted by atomic mass is 32.1. The minimum Gasteiger partial charge on any atom is -0.310 e. The highest BCUT2D eigenvalue weighted by Gasteiger charge is 2.21. The molecule has 0 spiro atoms. The van der Waals surface area contributed by atoms with Crippen molar-refractivity contribution in [3.8, 4) is 55.6 Å². The normalized spacial score (nSPS) is 11.2. The summed E-state index contributed by atoms with van der Waals surface area (Å²) in [6, 6.07) is 81.5. The van der Waals surface area contributed by atoms with Crippen molar-refractivity contribution in [1.29, 1.82) is 0 Å². The zero-order chi connectivity index (χ0) is 37.3. The van der Waals surface area contributed by atoms with Crippen LogP contribution in [0.4, 0.5) is 17.1 Å². The Hall–Kier alpha value is -7.00. The molecule has 264 valence electrons. The van der Waals surface area contributed by atoms with Gasteiger partial charge in [0.2, 0.25) is 0 Å². The minimum absolute atomic E-state index is 1.10. The maximum atomic E-state index is 2.44. The fourth-order valence-electron chi connectivity index (χ4n) is 7.92. The number of rotatable bonds is 8. The summed E-state index contributed by atoms with van der Waals surface area (Å²) in [6.45, 7) is 0. The van der Waals surface area contributed by atoms with Gasteiger partial charge in [-0.1, -0.05) is 170 Å². The highest BCUT2D eigenvalue weighted by molar-refractivity contribution is 7.25. The molecular weight excluding hydrogens is 695 g/mol. The van der Waals surface area contributed by atoms with Crippen molar-refractivity contribution in [3.05, 3.63) is 224 Å². The average Bonchev–Trinajstić information content (AvgIpc) is 3.66. The van der Waals surface area contributed by atoms with Crippen LogP contribution in [0.1, 0.15) is 0 Å². The zero-order valence-electron chi connectivity index (χ0n) is 30.7. The maximum absolute atomic E-state index is 2.44. The topological polar surface area (TPSA) is 3.24 Å². The molecule has 0 atom stereocenters. The van der Waals surface area contributed by atoms with Crippen LogP contribution in [-0.4, -0.2) is 0 Å². The molecule has 0 unspecified atom stereocenters. The number of thiophene rings is 1. The summed E-state index contributed by atoms with van der Waals surface area (Å²) in [5.74, 6) is 0. The standard InChI is InChI=1S/C54H37NS/c1-5-15-38(16-6-1)40-25-29-45(30-26-40)55(46-31-34-54-51(37-46)48-23-13-14-24-53(48)56-54)52-33-28-44(36-50(52)42-21-11-4-12-22-42)49-35-43(39-17-7-2-8-18-39)27-32-47(49)41-19-9-3-10-20-41/h1-37H. The summed E-state index contributed by atoms with van der Waals surface area (Å²) in [6.07, 6.45) is 0. The third-order valence-electron chi connectivity index (χ3n) is 10.7. The van der Waals surface area contributed by atoms with E-state index >= 15 is 0 Å². The van der Waals surface area contributed by atoms with Gasteiger partial charge in [0.05, 0.1) is 5.69 Å². The first kappa shape index (κ1) is 33.6. The quantitative estimate of drug-likeness (QED) is 0.150. The van der Waals surface area contributed by atoms with Crippen LogP contribution in [0, 0.1) is 0 Å². The number of nitrogens with zero attached hydrogens (tertiary/aromatic N) is 1. The van der Waals surface area contributed by atoms with E-state index in [9.17, 15) is 0 Å².